The highest BCUT2D eigenvalue weighted by molar-refractivity contribution is 5.72. The number of para-hydroxylation sites is 1. The standard InChI is InChI=1S/C10H11N.3C2H6/c1-8(2)9-6-4-5-7-10(9)11-3;3*1-2/h4-7H,1,3H2,2H3;3*1-2H3. The minimum absolute atomic E-state index is 0.903. The maximum atomic E-state index is 3.88. The van der Waals surface area contributed by atoms with E-state index in [1.165, 1.54) is 0 Å². The molecule has 17 heavy (non-hydrogen) atoms. The van der Waals surface area contributed by atoms with Crippen molar-refractivity contribution in [2.24, 2.45) is 4.99 Å². The Balaban J connectivity index is -0.000000285. The fraction of sp³-hybridized carbons (Fsp3) is 0.438. The second-order valence-electron chi connectivity index (χ2n) is 2.46. The smallest absolute Gasteiger partial charge is 0.0697 e. The molecule has 0 amide bonds. The minimum atomic E-state index is 0.903. The topological polar surface area (TPSA) is 12.4 Å². The first-order valence-electron chi connectivity index (χ1n) is 6.47. The van der Waals surface area contributed by atoms with Crippen molar-refractivity contribution in [2.75, 3.05) is 0 Å². The van der Waals surface area contributed by atoms with Crippen molar-refractivity contribution >= 4 is 18.0 Å². The molecule has 1 aromatic carbocycles. The van der Waals surface area contributed by atoms with Gasteiger partial charge in [-0.15, -0.1) is 0 Å². The number of allylic oxidation sites excluding steroid dienone is 1. The monoisotopic (exact) mass is 235 g/mol. The molecule has 0 aliphatic heterocycles. The quantitative estimate of drug-likeness (QED) is 0.547. The Bertz CT molecular complexity index is 287. The van der Waals surface area contributed by atoms with E-state index < -0.39 is 0 Å². The van der Waals surface area contributed by atoms with Gasteiger partial charge >= 0.3 is 0 Å². The third kappa shape index (κ3) is 9.55. The van der Waals surface area contributed by atoms with Crippen LogP contribution in [0.4, 0.5) is 5.69 Å². The third-order valence-corrected chi connectivity index (χ3v) is 1.53. The van der Waals surface area contributed by atoms with E-state index >= 15 is 0 Å². The molecular weight excluding hydrogens is 206 g/mol. The molecular formula is C16H29N. The first-order chi connectivity index (χ1) is 8.25. The molecule has 0 aliphatic rings. The summed E-state index contributed by atoms with van der Waals surface area (Å²) in [6.07, 6.45) is 0. The number of rotatable bonds is 2. The van der Waals surface area contributed by atoms with E-state index in [9.17, 15) is 0 Å². The zero-order chi connectivity index (χ0) is 14.3. The van der Waals surface area contributed by atoms with Crippen molar-refractivity contribution in [3.8, 4) is 0 Å². The van der Waals surface area contributed by atoms with Gasteiger partial charge < -0.3 is 0 Å². The molecule has 0 bridgehead atoms. The maximum Gasteiger partial charge on any atom is 0.0697 e. The van der Waals surface area contributed by atoms with Gasteiger partial charge in [0.05, 0.1) is 5.69 Å². The number of hydrogen-bond acceptors (Lipinski definition) is 1. The van der Waals surface area contributed by atoms with Crippen LogP contribution in [0.3, 0.4) is 0 Å². The number of aliphatic imine (C=N–C) groups is 1. The molecule has 1 rings (SSSR count). The highest BCUT2D eigenvalue weighted by Gasteiger charge is 1.97. The van der Waals surface area contributed by atoms with E-state index in [2.05, 4.69) is 18.3 Å². The van der Waals surface area contributed by atoms with E-state index in [-0.39, 0.29) is 0 Å². The van der Waals surface area contributed by atoms with Crippen LogP contribution < -0.4 is 0 Å². The molecule has 0 fully saturated rings. The Morgan fingerprint density at radius 1 is 0.941 bits per heavy atom. The van der Waals surface area contributed by atoms with Crippen molar-refractivity contribution < 1.29 is 0 Å². The molecule has 1 nitrogen and oxygen atoms in total. The van der Waals surface area contributed by atoms with Gasteiger partial charge in [-0.25, -0.2) is 0 Å². The number of benzene rings is 1. The second-order valence-corrected chi connectivity index (χ2v) is 2.46. The summed E-state index contributed by atoms with van der Waals surface area (Å²) in [5.74, 6) is 0. The van der Waals surface area contributed by atoms with Gasteiger partial charge in [0, 0.05) is 5.56 Å². The molecule has 1 heteroatoms. The average molecular weight is 235 g/mol. The lowest BCUT2D eigenvalue weighted by Gasteiger charge is -2.02. The zero-order valence-electron chi connectivity index (χ0n) is 12.7. The molecule has 0 saturated carbocycles. The summed E-state index contributed by atoms with van der Waals surface area (Å²) < 4.78 is 0. The van der Waals surface area contributed by atoms with Gasteiger partial charge in [-0.05, 0) is 25.3 Å². The number of nitrogens with zero attached hydrogens (tertiary/aromatic N) is 1. The molecule has 0 saturated heterocycles. The van der Waals surface area contributed by atoms with E-state index in [1.54, 1.807) is 0 Å². The van der Waals surface area contributed by atoms with Gasteiger partial charge in [-0.2, -0.15) is 0 Å². The molecule has 0 aliphatic carbocycles. The molecule has 0 atom stereocenters. The summed E-state index contributed by atoms with van der Waals surface area (Å²) in [7, 11) is 0. The normalized spacial score (nSPS) is 7.00. The first-order valence-corrected chi connectivity index (χ1v) is 6.47. The van der Waals surface area contributed by atoms with Gasteiger partial charge in [0.2, 0.25) is 0 Å². The molecule has 0 heterocycles. The molecule has 0 spiro atoms. The predicted molar refractivity (Wildman–Crippen MR) is 84.4 cm³/mol. The molecule has 0 unspecified atom stereocenters. The Morgan fingerprint density at radius 2 is 1.35 bits per heavy atom. The zero-order valence-corrected chi connectivity index (χ0v) is 12.7. The van der Waals surface area contributed by atoms with Crippen LogP contribution in [-0.4, -0.2) is 6.72 Å². The Labute approximate surface area is 108 Å². The van der Waals surface area contributed by atoms with Crippen LogP contribution in [0.15, 0.2) is 35.8 Å². The van der Waals surface area contributed by atoms with Gasteiger partial charge in [0.15, 0.2) is 0 Å². The van der Waals surface area contributed by atoms with Crippen LogP contribution in [0.1, 0.15) is 54.0 Å². The maximum absolute atomic E-state index is 3.88. The van der Waals surface area contributed by atoms with Crippen LogP contribution in [0.2, 0.25) is 0 Å². The van der Waals surface area contributed by atoms with Gasteiger partial charge in [-0.3, -0.25) is 4.99 Å². The Kier molecular flexibility index (Phi) is 21.0. The fourth-order valence-electron chi connectivity index (χ4n) is 0.972. The van der Waals surface area contributed by atoms with Crippen LogP contribution in [-0.2, 0) is 0 Å². The van der Waals surface area contributed by atoms with E-state index in [0.717, 1.165) is 16.8 Å². The van der Waals surface area contributed by atoms with Crippen LogP contribution >= 0.6 is 0 Å². The van der Waals surface area contributed by atoms with Crippen LogP contribution in [0.5, 0.6) is 0 Å². The SMILES string of the molecule is C=Nc1ccccc1C(=C)C.CC.CC.CC. The summed E-state index contributed by atoms with van der Waals surface area (Å²) >= 11 is 0. The van der Waals surface area contributed by atoms with Crippen molar-refractivity contribution in [3.63, 3.8) is 0 Å². The van der Waals surface area contributed by atoms with E-state index in [1.807, 2.05) is 72.7 Å². The lowest BCUT2D eigenvalue weighted by Crippen LogP contribution is -1.77. The number of hydrogen-bond donors (Lipinski definition) is 0. The van der Waals surface area contributed by atoms with Gasteiger partial charge in [0.1, 0.15) is 0 Å². The van der Waals surface area contributed by atoms with Gasteiger partial charge in [0.25, 0.3) is 0 Å². The predicted octanol–water partition coefficient (Wildman–Crippen LogP) is 6.13. The summed E-state index contributed by atoms with van der Waals surface area (Å²) in [6, 6.07) is 7.83. The minimum Gasteiger partial charge on any atom is -0.264 e. The summed E-state index contributed by atoms with van der Waals surface area (Å²) in [6.45, 7) is 21.3. The van der Waals surface area contributed by atoms with Crippen molar-refractivity contribution in [3.05, 3.63) is 36.4 Å². The summed E-state index contributed by atoms with van der Waals surface area (Å²) in [5, 5.41) is 0. The largest absolute Gasteiger partial charge is 0.264 e. The molecule has 0 aromatic heterocycles. The average Bonchev–Trinajstić information content (AvgIpc) is 2.45. The first kappa shape index (κ1) is 21.0. The van der Waals surface area contributed by atoms with Crippen LogP contribution in [0.25, 0.3) is 5.57 Å². The molecule has 98 valence electrons. The molecule has 0 radical (unpaired) electrons. The second kappa shape index (κ2) is 17.0. The Hall–Kier alpha value is -1.37. The summed E-state index contributed by atoms with van der Waals surface area (Å²) in [5.41, 5.74) is 3.00. The highest BCUT2D eigenvalue weighted by atomic mass is 14.7. The van der Waals surface area contributed by atoms with Gasteiger partial charge in [-0.1, -0.05) is 66.3 Å². The lowest BCUT2D eigenvalue weighted by molar-refractivity contribution is 1.49. The molecule has 1 aromatic rings. The summed E-state index contributed by atoms with van der Waals surface area (Å²) in [4.78, 5) is 3.88. The van der Waals surface area contributed by atoms with E-state index in [4.69, 9.17) is 0 Å². The third-order valence-electron chi connectivity index (χ3n) is 1.53. The highest BCUT2D eigenvalue weighted by Crippen LogP contribution is 2.23. The van der Waals surface area contributed by atoms with Crippen molar-refractivity contribution in [1.29, 1.82) is 0 Å². The van der Waals surface area contributed by atoms with Crippen LogP contribution in [0, 0.1) is 0 Å². The Morgan fingerprint density at radius 3 is 1.65 bits per heavy atom. The van der Waals surface area contributed by atoms with Crippen molar-refractivity contribution in [2.45, 2.75) is 48.5 Å². The van der Waals surface area contributed by atoms with E-state index in [0.29, 0.717) is 0 Å². The van der Waals surface area contributed by atoms with Crippen molar-refractivity contribution in [1.82, 2.24) is 0 Å². The lowest BCUT2D eigenvalue weighted by atomic mass is 10.1. The molecule has 0 N–H and O–H groups in total. The fourth-order valence-corrected chi connectivity index (χ4v) is 0.972.